The highest BCUT2D eigenvalue weighted by molar-refractivity contribution is 5.92. The molecule has 1 aliphatic rings. The lowest BCUT2D eigenvalue weighted by molar-refractivity contribution is -0.120. The van der Waals surface area contributed by atoms with Crippen molar-refractivity contribution in [2.45, 2.75) is 31.8 Å². The first kappa shape index (κ1) is 21.3. The van der Waals surface area contributed by atoms with Crippen LogP contribution < -0.4 is 21.5 Å². The van der Waals surface area contributed by atoms with E-state index in [2.05, 4.69) is 15.3 Å². The van der Waals surface area contributed by atoms with Crippen LogP contribution in [-0.2, 0) is 17.8 Å². The number of pyridine rings is 2. The Balaban J connectivity index is 1.54. The molecule has 4 N–H and O–H groups in total. The molecule has 2 amide bonds. The molecule has 0 saturated heterocycles. The monoisotopic (exact) mass is 431 g/mol. The molecule has 0 bridgehead atoms. The van der Waals surface area contributed by atoms with Crippen LogP contribution in [0.4, 0.5) is 5.69 Å². The first-order valence-corrected chi connectivity index (χ1v) is 10.6. The fourth-order valence-corrected chi connectivity index (χ4v) is 4.08. The summed E-state index contributed by atoms with van der Waals surface area (Å²) in [5.74, 6) is -0.932. The maximum atomic E-state index is 13.0. The summed E-state index contributed by atoms with van der Waals surface area (Å²) in [7, 11) is 0. The first-order chi connectivity index (χ1) is 15.5. The Morgan fingerprint density at radius 1 is 1.19 bits per heavy atom. The van der Waals surface area contributed by atoms with E-state index in [1.807, 2.05) is 47.4 Å². The SMILES string of the molecule is NC(=O)c1cc2c([nH]c1=O)CCCC2NC(=O)CN(Cc1cccnc1)c1ccccc1. The normalized spacial score (nSPS) is 14.9. The van der Waals surface area contributed by atoms with Gasteiger partial charge in [-0.3, -0.25) is 19.4 Å². The van der Waals surface area contributed by atoms with Crippen LogP contribution in [0, 0.1) is 0 Å². The Labute approximate surface area is 185 Å². The molecule has 0 aliphatic heterocycles. The summed E-state index contributed by atoms with van der Waals surface area (Å²) < 4.78 is 0. The number of benzene rings is 1. The molecule has 1 atom stereocenters. The van der Waals surface area contributed by atoms with Gasteiger partial charge in [0.05, 0.1) is 12.6 Å². The van der Waals surface area contributed by atoms with E-state index in [1.165, 1.54) is 6.07 Å². The zero-order valence-corrected chi connectivity index (χ0v) is 17.6. The third kappa shape index (κ3) is 4.85. The maximum absolute atomic E-state index is 13.0. The minimum absolute atomic E-state index is 0.0904. The van der Waals surface area contributed by atoms with E-state index in [1.54, 1.807) is 12.4 Å². The van der Waals surface area contributed by atoms with Gasteiger partial charge < -0.3 is 20.9 Å². The zero-order valence-electron chi connectivity index (χ0n) is 17.6. The van der Waals surface area contributed by atoms with Gasteiger partial charge in [0.1, 0.15) is 5.56 Å². The molecule has 1 aliphatic carbocycles. The molecule has 2 heterocycles. The van der Waals surface area contributed by atoms with E-state index >= 15 is 0 Å². The van der Waals surface area contributed by atoms with Crippen molar-refractivity contribution in [3.63, 3.8) is 0 Å². The number of hydrogen-bond acceptors (Lipinski definition) is 5. The topological polar surface area (TPSA) is 121 Å². The lowest BCUT2D eigenvalue weighted by atomic mass is 9.90. The third-order valence-electron chi connectivity index (χ3n) is 5.61. The van der Waals surface area contributed by atoms with Gasteiger partial charge in [-0.05, 0) is 54.7 Å². The fourth-order valence-electron chi connectivity index (χ4n) is 4.08. The van der Waals surface area contributed by atoms with Crippen LogP contribution in [0.3, 0.4) is 0 Å². The average Bonchev–Trinajstić information content (AvgIpc) is 2.79. The summed E-state index contributed by atoms with van der Waals surface area (Å²) in [5, 5.41) is 3.08. The summed E-state index contributed by atoms with van der Waals surface area (Å²) >= 11 is 0. The number of carbonyl (C=O) groups is 2. The van der Waals surface area contributed by atoms with Gasteiger partial charge in [-0.1, -0.05) is 24.3 Å². The molecule has 8 nitrogen and oxygen atoms in total. The van der Waals surface area contributed by atoms with Crippen molar-refractivity contribution in [3.05, 3.63) is 93.7 Å². The number of hydrogen-bond donors (Lipinski definition) is 3. The number of amides is 2. The smallest absolute Gasteiger partial charge is 0.261 e. The molecule has 0 fully saturated rings. The van der Waals surface area contributed by atoms with E-state index in [0.717, 1.165) is 35.3 Å². The average molecular weight is 431 g/mol. The molecule has 4 rings (SSSR count). The van der Waals surface area contributed by atoms with Crippen molar-refractivity contribution < 1.29 is 9.59 Å². The lowest BCUT2D eigenvalue weighted by Crippen LogP contribution is -2.40. The number of para-hydroxylation sites is 1. The standard InChI is InChI=1S/C24H25N5O3/c25-23(31)19-12-18-20(9-4-10-21(18)28-24(19)32)27-22(30)15-29(17-7-2-1-3-8-17)14-16-6-5-11-26-13-16/h1-3,5-8,11-13,20H,4,9-10,14-15H2,(H2,25,31)(H,27,30)(H,28,32). The Hall–Kier alpha value is -3.94. The predicted octanol–water partition coefficient (Wildman–Crippen LogP) is 2.07. The van der Waals surface area contributed by atoms with Crippen molar-refractivity contribution in [3.8, 4) is 0 Å². The number of rotatable bonds is 7. The molecule has 0 saturated carbocycles. The number of aromatic amines is 1. The van der Waals surface area contributed by atoms with E-state index in [9.17, 15) is 14.4 Å². The third-order valence-corrected chi connectivity index (χ3v) is 5.61. The molecule has 1 aromatic carbocycles. The van der Waals surface area contributed by atoms with E-state index < -0.39 is 11.5 Å². The summed E-state index contributed by atoms with van der Waals surface area (Å²) in [4.78, 5) is 45.7. The number of primary amides is 1. The summed E-state index contributed by atoms with van der Waals surface area (Å²) in [6.45, 7) is 0.683. The van der Waals surface area contributed by atoms with Gasteiger partial charge in [0, 0.05) is 30.3 Å². The highest BCUT2D eigenvalue weighted by atomic mass is 16.2. The Morgan fingerprint density at radius 2 is 2.00 bits per heavy atom. The number of nitrogens with two attached hydrogens (primary N) is 1. The maximum Gasteiger partial charge on any atom is 0.261 e. The molecule has 3 aromatic rings. The van der Waals surface area contributed by atoms with Crippen molar-refractivity contribution in [2.75, 3.05) is 11.4 Å². The van der Waals surface area contributed by atoms with Crippen LogP contribution in [-0.4, -0.2) is 28.3 Å². The molecule has 32 heavy (non-hydrogen) atoms. The number of H-pyrrole nitrogens is 1. The van der Waals surface area contributed by atoms with Gasteiger partial charge in [-0.25, -0.2) is 0 Å². The van der Waals surface area contributed by atoms with Crippen molar-refractivity contribution in [2.24, 2.45) is 5.73 Å². The van der Waals surface area contributed by atoms with Gasteiger partial charge >= 0.3 is 0 Å². The van der Waals surface area contributed by atoms with Crippen molar-refractivity contribution in [1.82, 2.24) is 15.3 Å². The van der Waals surface area contributed by atoms with Gasteiger partial charge in [0.2, 0.25) is 5.91 Å². The van der Waals surface area contributed by atoms with Crippen LogP contribution >= 0.6 is 0 Å². The van der Waals surface area contributed by atoms with Crippen molar-refractivity contribution >= 4 is 17.5 Å². The summed E-state index contributed by atoms with van der Waals surface area (Å²) in [6, 6.07) is 14.8. The molecule has 0 spiro atoms. The van der Waals surface area contributed by atoms with Gasteiger partial charge in [-0.2, -0.15) is 0 Å². The van der Waals surface area contributed by atoms with Crippen LogP contribution in [0.2, 0.25) is 0 Å². The van der Waals surface area contributed by atoms with E-state index in [4.69, 9.17) is 5.73 Å². The number of nitrogens with zero attached hydrogens (tertiary/aromatic N) is 2. The van der Waals surface area contributed by atoms with Gasteiger partial charge in [0.25, 0.3) is 11.5 Å². The number of anilines is 1. The molecule has 2 aromatic heterocycles. The van der Waals surface area contributed by atoms with Crippen LogP contribution in [0.25, 0.3) is 0 Å². The van der Waals surface area contributed by atoms with E-state index in [0.29, 0.717) is 13.0 Å². The number of aromatic nitrogens is 2. The van der Waals surface area contributed by atoms with Crippen LogP contribution in [0.1, 0.15) is 46.1 Å². The second kappa shape index (κ2) is 9.47. The summed E-state index contributed by atoms with van der Waals surface area (Å²) in [5.41, 5.74) is 8.17. The fraction of sp³-hybridized carbons (Fsp3) is 0.250. The number of aryl methyl sites for hydroxylation is 1. The lowest BCUT2D eigenvalue weighted by Gasteiger charge is -2.29. The predicted molar refractivity (Wildman–Crippen MR) is 121 cm³/mol. The summed E-state index contributed by atoms with van der Waals surface area (Å²) in [6.07, 6.45) is 5.73. The molecular formula is C24H25N5O3. The van der Waals surface area contributed by atoms with Crippen LogP contribution in [0.5, 0.6) is 0 Å². The van der Waals surface area contributed by atoms with Crippen molar-refractivity contribution in [1.29, 1.82) is 0 Å². The Bertz CT molecular complexity index is 1160. The van der Waals surface area contributed by atoms with Gasteiger partial charge in [0.15, 0.2) is 0 Å². The quantitative estimate of drug-likeness (QED) is 0.529. The number of fused-ring (bicyclic) bond motifs is 1. The second-order valence-electron chi connectivity index (χ2n) is 7.88. The minimum Gasteiger partial charge on any atom is -0.365 e. The minimum atomic E-state index is -0.781. The largest absolute Gasteiger partial charge is 0.365 e. The molecule has 8 heteroatoms. The number of nitrogens with one attached hydrogen (secondary N) is 2. The van der Waals surface area contributed by atoms with E-state index in [-0.39, 0.29) is 24.1 Å². The Kier molecular flexibility index (Phi) is 6.30. The molecular weight excluding hydrogens is 406 g/mol. The molecule has 1 unspecified atom stereocenters. The number of carbonyl (C=O) groups excluding carboxylic acids is 2. The zero-order chi connectivity index (χ0) is 22.5. The molecule has 0 radical (unpaired) electrons. The first-order valence-electron chi connectivity index (χ1n) is 10.6. The highest BCUT2D eigenvalue weighted by Gasteiger charge is 2.25. The highest BCUT2D eigenvalue weighted by Crippen LogP contribution is 2.28. The molecule has 164 valence electrons. The second-order valence-corrected chi connectivity index (χ2v) is 7.88. The Morgan fingerprint density at radius 3 is 2.72 bits per heavy atom. The van der Waals surface area contributed by atoms with Crippen LogP contribution in [0.15, 0.2) is 65.7 Å². The van der Waals surface area contributed by atoms with Gasteiger partial charge in [-0.15, -0.1) is 0 Å².